The number of ether oxygens (including phenoxy) is 2. The molecule has 3 aromatic rings. The molecule has 1 amide bonds. The molecule has 132 valence electrons. The number of hydrogen-bond donors (Lipinski definition) is 1. The van der Waals surface area contributed by atoms with Crippen LogP contribution in [0, 0.1) is 0 Å². The van der Waals surface area contributed by atoms with E-state index >= 15 is 0 Å². The SMILES string of the molecule is COc1ccc2c(c1OC)C(=O)N1CCc3c([nH]c4ccccc34)[C@@H]1C2. The summed E-state index contributed by atoms with van der Waals surface area (Å²) in [4.78, 5) is 18.8. The first-order chi connectivity index (χ1) is 12.7. The average molecular weight is 348 g/mol. The summed E-state index contributed by atoms with van der Waals surface area (Å²) in [7, 11) is 3.18. The van der Waals surface area contributed by atoms with E-state index in [9.17, 15) is 4.79 Å². The zero-order valence-electron chi connectivity index (χ0n) is 14.8. The molecule has 5 heteroatoms. The lowest BCUT2D eigenvalue weighted by Gasteiger charge is -2.40. The van der Waals surface area contributed by atoms with Crippen LogP contribution in [0.2, 0.25) is 0 Å². The summed E-state index contributed by atoms with van der Waals surface area (Å²) in [5.74, 6) is 1.16. The smallest absolute Gasteiger partial charge is 0.258 e. The molecule has 26 heavy (non-hydrogen) atoms. The lowest BCUT2D eigenvalue weighted by atomic mass is 9.86. The van der Waals surface area contributed by atoms with Gasteiger partial charge in [-0.2, -0.15) is 0 Å². The normalized spacial score (nSPS) is 18.3. The minimum Gasteiger partial charge on any atom is -0.493 e. The topological polar surface area (TPSA) is 54.6 Å². The summed E-state index contributed by atoms with van der Waals surface area (Å²) in [6.07, 6.45) is 1.64. The Hall–Kier alpha value is -2.95. The number of amides is 1. The van der Waals surface area contributed by atoms with Gasteiger partial charge in [-0.1, -0.05) is 24.3 Å². The number of H-pyrrole nitrogens is 1. The number of benzene rings is 2. The highest BCUT2D eigenvalue weighted by Gasteiger charge is 2.40. The van der Waals surface area contributed by atoms with Crippen LogP contribution in [0.3, 0.4) is 0 Å². The summed E-state index contributed by atoms with van der Waals surface area (Å²) in [6.45, 7) is 0.720. The third-order valence-corrected chi connectivity index (χ3v) is 5.68. The fraction of sp³-hybridized carbons (Fsp3) is 0.286. The van der Waals surface area contributed by atoms with E-state index in [4.69, 9.17) is 9.47 Å². The van der Waals surface area contributed by atoms with Gasteiger partial charge in [-0.25, -0.2) is 0 Å². The maximum absolute atomic E-state index is 13.3. The molecule has 2 aromatic carbocycles. The van der Waals surface area contributed by atoms with Crippen molar-refractivity contribution in [3.63, 3.8) is 0 Å². The molecule has 1 aromatic heterocycles. The molecule has 0 radical (unpaired) electrons. The van der Waals surface area contributed by atoms with Crippen LogP contribution in [0.4, 0.5) is 0 Å². The number of aromatic nitrogens is 1. The van der Waals surface area contributed by atoms with Crippen molar-refractivity contribution >= 4 is 16.8 Å². The maximum Gasteiger partial charge on any atom is 0.258 e. The van der Waals surface area contributed by atoms with Gasteiger partial charge in [0.05, 0.1) is 25.8 Å². The minimum atomic E-state index is 0.0244. The molecule has 0 spiro atoms. The van der Waals surface area contributed by atoms with E-state index in [2.05, 4.69) is 23.2 Å². The van der Waals surface area contributed by atoms with E-state index in [-0.39, 0.29) is 11.9 Å². The first-order valence-electron chi connectivity index (χ1n) is 8.87. The van der Waals surface area contributed by atoms with E-state index in [1.807, 2.05) is 23.1 Å². The highest BCUT2D eigenvalue weighted by molar-refractivity contribution is 6.01. The lowest BCUT2D eigenvalue weighted by molar-refractivity contribution is 0.0623. The molecule has 3 heterocycles. The standard InChI is InChI=1S/C21H20N2O3/c1-25-17-8-7-12-11-16-19-14(13-5-3-4-6-15(13)22-19)9-10-23(16)21(24)18(12)20(17)26-2/h3-8,16,22H,9-11H2,1-2H3/t16-/m0/s1. The van der Waals surface area contributed by atoms with E-state index in [0.717, 1.165) is 30.5 Å². The van der Waals surface area contributed by atoms with Crippen molar-refractivity contribution in [1.82, 2.24) is 9.88 Å². The Bertz CT molecular complexity index is 1040. The van der Waals surface area contributed by atoms with Crippen LogP contribution in [0.1, 0.15) is 33.2 Å². The number of nitrogens with one attached hydrogen (secondary N) is 1. The number of para-hydroxylation sites is 1. The van der Waals surface area contributed by atoms with E-state index < -0.39 is 0 Å². The molecule has 0 saturated heterocycles. The van der Waals surface area contributed by atoms with Gasteiger partial charge in [0.2, 0.25) is 0 Å². The second-order valence-electron chi connectivity index (χ2n) is 6.87. The van der Waals surface area contributed by atoms with Gasteiger partial charge >= 0.3 is 0 Å². The predicted molar refractivity (Wildman–Crippen MR) is 99.0 cm³/mol. The van der Waals surface area contributed by atoms with Crippen LogP contribution in [-0.2, 0) is 12.8 Å². The van der Waals surface area contributed by atoms with Crippen LogP contribution in [0.15, 0.2) is 36.4 Å². The predicted octanol–water partition coefficient (Wildman–Crippen LogP) is 3.48. The molecule has 2 aliphatic rings. The van der Waals surface area contributed by atoms with Crippen molar-refractivity contribution in [3.8, 4) is 11.5 Å². The van der Waals surface area contributed by atoms with Crippen LogP contribution in [0.5, 0.6) is 11.5 Å². The fourth-order valence-electron chi connectivity index (χ4n) is 4.50. The Labute approximate surface area is 151 Å². The maximum atomic E-state index is 13.3. The van der Waals surface area contributed by atoms with Crippen LogP contribution in [-0.4, -0.2) is 36.6 Å². The molecule has 5 rings (SSSR count). The van der Waals surface area contributed by atoms with Gasteiger partial charge in [0.25, 0.3) is 5.91 Å². The number of hydrogen-bond acceptors (Lipinski definition) is 3. The summed E-state index contributed by atoms with van der Waals surface area (Å²) in [6, 6.07) is 12.3. The van der Waals surface area contributed by atoms with E-state index in [1.54, 1.807) is 14.2 Å². The Balaban J connectivity index is 1.67. The number of methoxy groups -OCH3 is 2. The minimum absolute atomic E-state index is 0.0244. The van der Waals surface area contributed by atoms with Gasteiger partial charge in [-0.05, 0) is 36.1 Å². The Kier molecular flexibility index (Phi) is 3.26. The Morgan fingerprint density at radius 1 is 1.12 bits per heavy atom. The van der Waals surface area contributed by atoms with Gasteiger partial charge in [0, 0.05) is 23.1 Å². The molecular formula is C21H20N2O3. The molecular weight excluding hydrogens is 328 g/mol. The number of rotatable bonds is 2. The highest BCUT2D eigenvalue weighted by atomic mass is 16.5. The molecule has 0 aliphatic carbocycles. The van der Waals surface area contributed by atoms with Gasteiger partial charge in [0.15, 0.2) is 11.5 Å². The second kappa shape index (κ2) is 5.53. The molecule has 1 atom stereocenters. The first kappa shape index (κ1) is 15.3. The van der Waals surface area contributed by atoms with Gasteiger partial charge in [0.1, 0.15) is 0 Å². The summed E-state index contributed by atoms with van der Waals surface area (Å²) in [5.41, 5.74) is 5.32. The van der Waals surface area contributed by atoms with Crippen LogP contribution < -0.4 is 9.47 Å². The number of aromatic amines is 1. The quantitative estimate of drug-likeness (QED) is 0.771. The van der Waals surface area contributed by atoms with Crippen molar-refractivity contribution < 1.29 is 14.3 Å². The third-order valence-electron chi connectivity index (χ3n) is 5.68. The Morgan fingerprint density at radius 3 is 2.77 bits per heavy atom. The van der Waals surface area contributed by atoms with Gasteiger partial charge in [-0.3, -0.25) is 4.79 Å². The van der Waals surface area contributed by atoms with Crippen molar-refractivity contribution in [1.29, 1.82) is 0 Å². The van der Waals surface area contributed by atoms with Crippen molar-refractivity contribution in [3.05, 3.63) is 58.8 Å². The summed E-state index contributed by atoms with van der Waals surface area (Å²) >= 11 is 0. The zero-order chi connectivity index (χ0) is 17.8. The third kappa shape index (κ3) is 1.94. The van der Waals surface area contributed by atoms with E-state index in [1.165, 1.54) is 16.6 Å². The first-order valence-corrected chi connectivity index (χ1v) is 8.87. The van der Waals surface area contributed by atoms with Gasteiger partial charge in [-0.15, -0.1) is 0 Å². The van der Waals surface area contributed by atoms with Crippen molar-refractivity contribution in [2.45, 2.75) is 18.9 Å². The van der Waals surface area contributed by atoms with E-state index in [0.29, 0.717) is 17.1 Å². The highest BCUT2D eigenvalue weighted by Crippen LogP contribution is 2.44. The number of fused-ring (bicyclic) bond motifs is 6. The van der Waals surface area contributed by atoms with Gasteiger partial charge < -0.3 is 19.4 Å². The number of carbonyl (C=O) groups excluding carboxylic acids is 1. The fourth-order valence-corrected chi connectivity index (χ4v) is 4.50. The molecule has 0 unspecified atom stereocenters. The average Bonchev–Trinajstić information content (AvgIpc) is 3.06. The molecule has 2 aliphatic heterocycles. The second-order valence-corrected chi connectivity index (χ2v) is 6.87. The Morgan fingerprint density at radius 2 is 1.96 bits per heavy atom. The van der Waals surface area contributed by atoms with Crippen molar-refractivity contribution in [2.75, 3.05) is 20.8 Å². The van der Waals surface area contributed by atoms with Crippen molar-refractivity contribution in [2.24, 2.45) is 0 Å². The number of carbonyl (C=O) groups is 1. The summed E-state index contributed by atoms with van der Waals surface area (Å²) < 4.78 is 10.9. The van der Waals surface area contributed by atoms with Crippen LogP contribution in [0.25, 0.3) is 10.9 Å². The monoisotopic (exact) mass is 348 g/mol. The summed E-state index contributed by atoms with van der Waals surface area (Å²) in [5, 5.41) is 1.27. The molecule has 0 saturated carbocycles. The van der Waals surface area contributed by atoms with Crippen LogP contribution >= 0.6 is 0 Å². The molecule has 0 bridgehead atoms. The molecule has 1 N–H and O–H groups in total. The molecule has 5 nitrogen and oxygen atoms in total. The zero-order valence-corrected chi connectivity index (χ0v) is 14.8. The largest absolute Gasteiger partial charge is 0.493 e. The number of nitrogens with zero attached hydrogens (tertiary/aromatic N) is 1. The lowest BCUT2D eigenvalue weighted by Crippen LogP contribution is -2.44. The molecule has 0 fully saturated rings.